The number of aromatic nitrogens is 6. The molecule has 6 aromatic rings. The SMILES string of the molecule is Cc1c(C(C)(C)CCC(C)(C)c2ccn3cncc3c2)ccc2c(Cc3ncc4ccc(C(C)(C)C)cn34)ncn12. The Bertz CT molecular complexity index is 1870. The zero-order valence-electron chi connectivity index (χ0n) is 25.7. The largest absolute Gasteiger partial charge is 0.306 e. The van der Waals surface area contributed by atoms with Crippen LogP contribution in [0.5, 0.6) is 0 Å². The molecule has 0 spiro atoms. The molecule has 0 saturated carbocycles. The van der Waals surface area contributed by atoms with Gasteiger partial charge in [0, 0.05) is 18.1 Å². The van der Waals surface area contributed by atoms with Crippen LogP contribution in [-0.4, -0.2) is 28.2 Å². The summed E-state index contributed by atoms with van der Waals surface area (Å²) in [6.45, 7) is 18.4. The summed E-state index contributed by atoms with van der Waals surface area (Å²) in [5.41, 5.74) is 9.91. The minimum atomic E-state index is 0.0172. The fraction of sp³-hybridized carbons (Fsp3) is 0.400. The van der Waals surface area contributed by atoms with Gasteiger partial charge in [0.2, 0.25) is 0 Å². The molecule has 0 bridgehead atoms. The van der Waals surface area contributed by atoms with Gasteiger partial charge in [-0.3, -0.25) is 0 Å². The second kappa shape index (κ2) is 9.57. The van der Waals surface area contributed by atoms with Gasteiger partial charge in [0.05, 0.1) is 53.7 Å². The predicted molar refractivity (Wildman–Crippen MR) is 167 cm³/mol. The highest BCUT2D eigenvalue weighted by molar-refractivity contribution is 5.57. The highest BCUT2D eigenvalue weighted by Gasteiger charge is 2.29. The van der Waals surface area contributed by atoms with Gasteiger partial charge in [0.15, 0.2) is 0 Å². The molecule has 6 heteroatoms. The number of imidazole rings is 3. The van der Waals surface area contributed by atoms with Crippen molar-refractivity contribution in [3.8, 4) is 0 Å². The fourth-order valence-corrected chi connectivity index (χ4v) is 6.11. The lowest BCUT2D eigenvalue weighted by molar-refractivity contribution is 0.373. The molecule has 0 saturated heterocycles. The van der Waals surface area contributed by atoms with Gasteiger partial charge in [-0.15, -0.1) is 0 Å². The van der Waals surface area contributed by atoms with Crippen molar-refractivity contribution < 1.29 is 0 Å². The van der Waals surface area contributed by atoms with Crippen molar-refractivity contribution in [3.63, 3.8) is 0 Å². The maximum absolute atomic E-state index is 4.88. The Hall–Kier alpha value is -3.93. The van der Waals surface area contributed by atoms with E-state index in [-0.39, 0.29) is 16.2 Å². The average Bonchev–Trinajstić information content (AvgIpc) is 3.66. The maximum Gasteiger partial charge on any atom is 0.119 e. The summed E-state index contributed by atoms with van der Waals surface area (Å²) in [5, 5.41) is 0. The summed E-state index contributed by atoms with van der Waals surface area (Å²) in [5.74, 6) is 1.02. The monoisotopic (exact) mass is 546 g/mol. The molecule has 6 aromatic heterocycles. The standard InChI is InChI=1S/C35H42N6/c1-24-29(35(7,8)15-14-34(5,6)25-13-16-39-22-36-19-28(39)17-25)11-12-31-30(38-23-41(24)31)18-32-37-20-27-10-9-26(21-40(27)32)33(2,3)4/h9-13,16-17,19-23H,14-15,18H2,1-8H3. The van der Waals surface area contributed by atoms with Crippen LogP contribution in [0, 0.1) is 6.92 Å². The minimum absolute atomic E-state index is 0.0172. The van der Waals surface area contributed by atoms with Crippen molar-refractivity contribution in [2.24, 2.45) is 0 Å². The van der Waals surface area contributed by atoms with Gasteiger partial charge in [-0.05, 0) is 77.0 Å². The maximum atomic E-state index is 4.88. The third-order valence-electron chi connectivity index (χ3n) is 9.14. The molecule has 0 fully saturated rings. The van der Waals surface area contributed by atoms with E-state index in [1.807, 2.05) is 25.0 Å². The Morgan fingerprint density at radius 2 is 1.51 bits per heavy atom. The van der Waals surface area contributed by atoms with E-state index < -0.39 is 0 Å². The quantitative estimate of drug-likeness (QED) is 0.205. The number of pyridine rings is 3. The van der Waals surface area contributed by atoms with Gasteiger partial charge in [-0.2, -0.15) is 0 Å². The molecule has 0 amide bonds. The number of rotatable bonds is 7. The van der Waals surface area contributed by atoms with E-state index in [9.17, 15) is 0 Å². The van der Waals surface area contributed by atoms with Crippen LogP contribution in [0.1, 0.15) is 95.2 Å². The van der Waals surface area contributed by atoms with Crippen LogP contribution < -0.4 is 0 Å². The number of nitrogens with zero attached hydrogens (tertiary/aromatic N) is 6. The molecule has 0 unspecified atom stereocenters. The van der Waals surface area contributed by atoms with Gasteiger partial charge in [0.1, 0.15) is 5.82 Å². The molecule has 0 aliphatic heterocycles. The normalized spacial score (nSPS) is 13.2. The second-order valence-corrected chi connectivity index (χ2v) is 14.0. The van der Waals surface area contributed by atoms with Gasteiger partial charge >= 0.3 is 0 Å². The first-order valence-corrected chi connectivity index (χ1v) is 14.7. The van der Waals surface area contributed by atoms with Crippen LogP contribution in [0.3, 0.4) is 0 Å². The Morgan fingerprint density at radius 1 is 0.732 bits per heavy atom. The van der Waals surface area contributed by atoms with E-state index in [0.29, 0.717) is 6.42 Å². The molecular weight excluding hydrogens is 504 g/mol. The van der Waals surface area contributed by atoms with Crippen molar-refractivity contribution in [1.29, 1.82) is 0 Å². The highest BCUT2D eigenvalue weighted by atomic mass is 15.0. The number of hydrogen-bond donors (Lipinski definition) is 0. The number of aryl methyl sites for hydroxylation is 1. The summed E-state index contributed by atoms with van der Waals surface area (Å²) in [4.78, 5) is 13.9. The summed E-state index contributed by atoms with van der Waals surface area (Å²) >= 11 is 0. The molecule has 41 heavy (non-hydrogen) atoms. The summed E-state index contributed by atoms with van der Waals surface area (Å²) < 4.78 is 6.56. The topological polar surface area (TPSA) is 51.9 Å². The van der Waals surface area contributed by atoms with Crippen LogP contribution in [0.2, 0.25) is 0 Å². The first kappa shape index (κ1) is 27.3. The molecule has 6 rings (SSSR count). The Kier molecular flexibility index (Phi) is 6.36. The first-order chi connectivity index (χ1) is 19.3. The smallest absolute Gasteiger partial charge is 0.119 e. The second-order valence-electron chi connectivity index (χ2n) is 14.0. The molecule has 0 aliphatic carbocycles. The molecule has 0 aliphatic rings. The Morgan fingerprint density at radius 3 is 2.29 bits per heavy atom. The van der Waals surface area contributed by atoms with E-state index in [2.05, 4.69) is 122 Å². The lowest BCUT2D eigenvalue weighted by atomic mass is 9.72. The van der Waals surface area contributed by atoms with E-state index in [0.717, 1.165) is 40.9 Å². The van der Waals surface area contributed by atoms with Crippen LogP contribution >= 0.6 is 0 Å². The number of hydrogen-bond acceptors (Lipinski definition) is 3. The van der Waals surface area contributed by atoms with Crippen LogP contribution in [0.15, 0.2) is 73.8 Å². The summed E-state index contributed by atoms with van der Waals surface area (Å²) in [6, 6.07) is 13.5. The van der Waals surface area contributed by atoms with Crippen molar-refractivity contribution in [1.82, 2.24) is 28.2 Å². The third-order valence-corrected chi connectivity index (χ3v) is 9.14. The van der Waals surface area contributed by atoms with Crippen LogP contribution in [0.4, 0.5) is 0 Å². The van der Waals surface area contributed by atoms with Crippen molar-refractivity contribution in [2.45, 2.75) is 90.9 Å². The fourth-order valence-electron chi connectivity index (χ4n) is 6.11. The zero-order chi connectivity index (χ0) is 29.2. The summed E-state index contributed by atoms with van der Waals surface area (Å²) in [6.07, 6.45) is 14.9. The summed E-state index contributed by atoms with van der Waals surface area (Å²) in [7, 11) is 0. The zero-order valence-corrected chi connectivity index (χ0v) is 25.7. The van der Waals surface area contributed by atoms with E-state index in [1.54, 1.807) is 0 Å². The van der Waals surface area contributed by atoms with Gasteiger partial charge < -0.3 is 13.2 Å². The van der Waals surface area contributed by atoms with Crippen LogP contribution in [-0.2, 0) is 22.7 Å². The van der Waals surface area contributed by atoms with Crippen molar-refractivity contribution in [3.05, 3.63) is 108 Å². The minimum Gasteiger partial charge on any atom is -0.306 e. The predicted octanol–water partition coefficient (Wildman–Crippen LogP) is 7.86. The van der Waals surface area contributed by atoms with Gasteiger partial charge in [-0.1, -0.05) is 60.6 Å². The lowest BCUT2D eigenvalue weighted by Crippen LogP contribution is -2.25. The number of fused-ring (bicyclic) bond motifs is 3. The first-order valence-electron chi connectivity index (χ1n) is 14.7. The van der Waals surface area contributed by atoms with Crippen molar-refractivity contribution >= 4 is 16.6 Å². The Balaban J connectivity index is 1.25. The molecule has 6 heterocycles. The molecular formula is C35H42N6. The van der Waals surface area contributed by atoms with Crippen LogP contribution in [0.25, 0.3) is 16.6 Å². The van der Waals surface area contributed by atoms with E-state index >= 15 is 0 Å². The highest BCUT2D eigenvalue weighted by Crippen LogP contribution is 2.38. The molecule has 212 valence electrons. The van der Waals surface area contributed by atoms with E-state index in [1.165, 1.54) is 22.4 Å². The molecule has 0 radical (unpaired) electrons. The van der Waals surface area contributed by atoms with E-state index in [4.69, 9.17) is 9.97 Å². The van der Waals surface area contributed by atoms with Crippen molar-refractivity contribution in [2.75, 3.05) is 0 Å². The molecule has 0 atom stereocenters. The third kappa shape index (κ3) is 4.94. The van der Waals surface area contributed by atoms with Gasteiger partial charge in [0.25, 0.3) is 0 Å². The Labute approximate surface area is 243 Å². The molecule has 0 aromatic carbocycles. The molecule has 6 nitrogen and oxygen atoms in total. The lowest BCUT2D eigenvalue weighted by Gasteiger charge is -2.33. The average molecular weight is 547 g/mol. The molecule has 0 N–H and O–H groups in total. The van der Waals surface area contributed by atoms with Gasteiger partial charge in [-0.25, -0.2) is 15.0 Å².